The van der Waals surface area contributed by atoms with Crippen LogP contribution in [0.1, 0.15) is 6.92 Å². The minimum absolute atomic E-state index is 0.0910. The van der Waals surface area contributed by atoms with E-state index in [-0.39, 0.29) is 11.7 Å². The Hall–Kier alpha value is -2.22. The van der Waals surface area contributed by atoms with Crippen molar-refractivity contribution in [2.45, 2.75) is 12.1 Å². The monoisotopic (exact) mass is 423 g/mol. The Morgan fingerprint density at radius 2 is 1.96 bits per heavy atom. The van der Waals surface area contributed by atoms with Gasteiger partial charge in [-0.2, -0.15) is 0 Å². The molecule has 1 N–H and O–H groups in total. The Balaban J connectivity index is 1.57. The fourth-order valence-electron chi connectivity index (χ4n) is 2.15. The molecule has 3 aromatic rings. The summed E-state index contributed by atoms with van der Waals surface area (Å²) in [6.45, 7) is 2.52. The Morgan fingerprint density at radius 1 is 1.19 bits per heavy atom. The van der Waals surface area contributed by atoms with Gasteiger partial charge in [0, 0.05) is 10.6 Å². The van der Waals surface area contributed by atoms with Crippen LogP contribution < -0.4 is 10.1 Å². The smallest absolute Gasteiger partial charge is 0.277 e. The molecular weight excluding hydrogens is 409 g/mol. The highest BCUT2D eigenvalue weighted by Gasteiger charge is 2.12. The largest absolute Gasteiger partial charge is 0.494 e. The van der Waals surface area contributed by atoms with Gasteiger partial charge in [-0.15, -0.1) is 10.2 Å². The lowest BCUT2D eigenvalue weighted by molar-refractivity contribution is -0.113. The zero-order valence-corrected chi connectivity index (χ0v) is 16.6. The van der Waals surface area contributed by atoms with Crippen molar-refractivity contribution in [1.29, 1.82) is 0 Å². The molecule has 1 amide bonds. The summed E-state index contributed by atoms with van der Waals surface area (Å²) in [5.41, 5.74) is 1.23. The van der Waals surface area contributed by atoms with Crippen LogP contribution in [0.4, 0.5) is 5.69 Å². The number of thioether (sulfide) groups is 1. The third-order valence-electron chi connectivity index (χ3n) is 3.35. The highest BCUT2D eigenvalue weighted by Crippen LogP contribution is 2.27. The van der Waals surface area contributed by atoms with Crippen LogP contribution >= 0.6 is 35.0 Å². The lowest BCUT2D eigenvalue weighted by atomic mass is 10.2. The standard InChI is InChI=1S/C18H15Cl2N3O3S/c1-2-25-13-6-3-11(4-7-13)17-22-23-18(26-17)27-10-16(24)21-15-9-12(19)5-8-14(15)20/h3-9H,2,10H2,1H3,(H,21,24). The second-order valence-electron chi connectivity index (χ2n) is 5.29. The van der Waals surface area contributed by atoms with E-state index in [4.69, 9.17) is 32.4 Å². The van der Waals surface area contributed by atoms with Crippen molar-refractivity contribution in [3.05, 3.63) is 52.5 Å². The number of ether oxygens (including phenoxy) is 1. The van der Waals surface area contributed by atoms with Gasteiger partial charge in [-0.3, -0.25) is 4.79 Å². The van der Waals surface area contributed by atoms with Gasteiger partial charge in [0.15, 0.2) is 0 Å². The minimum atomic E-state index is -0.259. The molecule has 27 heavy (non-hydrogen) atoms. The Labute approximate surface area is 170 Å². The quantitative estimate of drug-likeness (QED) is 0.527. The maximum Gasteiger partial charge on any atom is 0.277 e. The van der Waals surface area contributed by atoms with Gasteiger partial charge in [0.2, 0.25) is 11.8 Å². The van der Waals surface area contributed by atoms with E-state index in [0.717, 1.165) is 23.1 Å². The molecule has 1 heterocycles. The predicted octanol–water partition coefficient (Wildman–Crippen LogP) is 5.17. The summed E-state index contributed by atoms with van der Waals surface area (Å²) in [5, 5.41) is 11.8. The molecule has 0 unspecified atom stereocenters. The molecule has 0 aliphatic carbocycles. The van der Waals surface area contributed by atoms with Crippen LogP contribution in [-0.4, -0.2) is 28.5 Å². The Bertz CT molecular complexity index is 932. The number of nitrogens with zero attached hydrogens (tertiary/aromatic N) is 2. The minimum Gasteiger partial charge on any atom is -0.494 e. The number of hydrogen-bond donors (Lipinski definition) is 1. The van der Waals surface area contributed by atoms with Gasteiger partial charge >= 0.3 is 0 Å². The van der Waals surface area contributed by atoms with Crippen molar-refractivity contribution in [2.75, 3.05) is 17.7 Å². The van der Waals surface area contributed by atoms with Crippen LogP contribution in [0, 0.1) is 0 Å². The molecule has 140 valence electrons. The van der Waals surface area contributed by atoms with E-state index in [9.17, 15) is 4.79 Å². The van der Waals surface area contributed by atoms with E-state index in [1.807, 2.05) is 31.2 Å². The van der Waals surface area contributed by atoms with Gasteiger partial charge in [0.05, 0.1) is 23.1 Å². The van der Waals surface area contributed by atoms with Gasteiger partial charge in [-0.1, -0.05) is 35.0 Å². The summed E-state index contributed by atoms with van der Waals surface area (Å²) < 4.78 is 11.0. The lowest BCUT2D eigenvalue weighted by Gasteiger charge is -2.06. The molecule has 0 aliphatic heterocycles. The number of halogens is 2. The summed E-state index contributed by atoms with van der Waals surface area (Å²) in [5.74, 6) is 0.976. The molecule has 0 radical (unpaired) electrons. The summed E-state index contributed by atoms with van der Waals surface area (Å²) in [4.78, 5) is 12.1. The molecule has 0 saturated carbocycles. The number of carbonyl (C=O) groups excluding carboxylic acids is 1. The Morgan fingerprint density at radius 3 is 2.70 bits per heavy atom. The first-order valence-electron chi connectivity index (χ1n) is 7.99. The molecule has 6 nitrogen and oxygen atoms in total. The van der Waals surface area contributed by atoms with E-state index in [1.165, 1.54) is 0 Å². The van der Waals surface area contributed by atoms with Crippen molar-refractivity contribution >= 4 is 46.6 Å². The fraction of sp³-hybridized carbons (Fsp3) is 0.167. The van der Waals surface area contributed by atoms with Gasteiger partial charge < -0.3 is 14.5 Å². The highest BCUT2D eigenvalue weighted by atomic mass is 35.5. The van der Waals surface area contributed by atoms with E-state index in [2.05, 4.69) is 15.5 Å². The van der Waals surface area contributed by atoms with E-state index in [1.54, 1.807) is 18.2 Å². The molecule has 3 rings (SSSR count). The first-order valence-corrected chi connectivity index (χ1v) is 9.73. The molecule has 1 aromatic heterocycles. The van der Waals surface area contributed by atoms with Crippen LogP contribution in [0.3, 0.4) is 0 Å². The number of nitrogens with one attached hydrogen (secondary N) is 1. The Kier molecular flexibility index (Phi) is 6.60. The molecule has 9 heteroatoms. The third-order valence-corrected chi connectivity index (χ3v) is 4.73. The SMILES string of the molecule is CCOc1ccc(-c2nnc(SCC(=O)Nc3cc(Cl)ccc3Cl)o2)cc1. The first-order chi connectivity index (χ1) is 13.0. The van der Waals surface area contributed by atoms with Gasteiger partial charge in [0.25, 0.3) is 5.22 Å². The molecule has 0 bridgehead atoms. The third kappa shape index (κ3) is 5.38. The van der Waals surface area contributed by atoms with Crippen LogP contribution in [0.5, 0.6) is 5.75 Å². The average Bonchev–Trinajstić information content (AvgIpc) is 3.13. The normalized spacial score (nSPS) is 10.6. The molecular formula is C18H15Cl2N3O3S. The topological polar surface area (TPSA) is 77.2 Å². The molecule has 0 aliphatic rings. The fourth-order valence-corrected chi connectivity index (χ4v) is 3.05. The zero-order valence-electron chi connectivity index (χ0n) is 14.2. The van der Waals surface area contributed by atoms with Gasteiger partial charge in [-0.05, 0) is 49.4 Å². The summed E-state index contributed by atoms with van der Waals surface area (Å²) in [6, 6.07) is 12.2. The predicted molar refractivity (Wildman–Crippen MR) is 107 cm³/mol. The first kappa shape index (κ1) is 19.5. The van der Waals surface area contributed by atoms with Crippen molar-refractivity contribution in [1.82, 2.24) is 10.2 Å². The molecule has 0 spiro atoms. The van der Waals surface area contributed by atoms with Crippen LogP contribution in [-0.2, 0) is 4.79 Å². The summed E-state index contributed by atoms with van der Waals surface area (Å²) in [6.07, 6.45) is 0. The number of aromatic nitrogens is 2. The van der Waals surface area contributed by atoms with Crippen molar-refractivity contribution in [3.8, 4) is 17.2 Å². The average molecular weight is 424 g/mol. The number of carbonyl (C=O) groups is 1. The number of rotatable bonds is 7. The van der Waals surface area contributed by atoms with E-state index in [0.29, 0.717) is 33.5 Å². The van der Waals surface area contributed by atoms with E-state index >= 15 is 0 Å². The number of amides is 1. The number of benzene rings is 2. The molecule has 0 saturated heterocycles. The maximum atomic E-state index is 12.1. The van der Waals surface area contributed by atoms with Crippen LogP contribution in [0.25, 0.3) is 11.5 Å². The zero-order chi connectivity index (χ0) is 19.2. The van der Waals surface area contributed by atoms with Crippen LogP contribution in [0.2, 0.25) is 10.0 Å². The molecule has 0 atom stereocenters. The molecule has 2 aromatic carbocycles. The lowest BCUT2D eigenvalue weighted by Crippen LogP contribution is -2.14. The second-order valence-corrected chi connectivity index (χ2v) is 7.06. The van der Waals surface area contributed by atoms with Crippen molar-refractivity contribution in [2.24, 2.45) is 0 Å². The number of anilines is 1. The summed E-state index contributed by atoms with van der Waals surface area (Å²) >= 11 is 13.1. The van der Waals surface area contributed by atoms with Crippen LogP contribution in [0.15, 0.2) is 52.1 Å². The van der Waals surface area contributed by atoms with Gasteiger partial charge in [0.1, 0.15) is 5.75 Å². The molecule has 0 fully saturated rings. The summed E-state index contributed by atoms with van der Waals surface area (Å²) in [7, 11) is 0. The van der Waals surface area contributed by atoms with Crippen molar-refractivity contribution < 1.29 is 13.9 Å². The highest BCUT2D eigenvalue weighted by molar-refractivity contribution is 7.99. The van der Waals surface area contributed by atoms with Crippen molar-refractivity contribution in [3.63, 3.8) is 0 Å². The number of hydrogen-bond acceptors (Lipinski definition) is 6. The van der Waals surface area contributed by atoms with Gasteiger partial charge in [-0.25, -0.2) is 0 Å². The van der Waals surface area contributed by atoms with E-state index < -0.39 is 0 Å². The second kappa shape index (κ2) is 9.12. The maximum absolute atomic E-state index is 12.1.